The molecule has 0 saturated heterocycles. The summed E-state index contributed by atoms with van der Waals surface area (Å²) in [7, 11) is 0. The van der Waals surface area contributed by atoms with E-state index in [0.717, 1.165) is 0 Å². The third-order valence-electron chi connectivity index (χ3n) is 3.16. The molecule has 1 unspecified atom stereocenters. The van der Waals surface area contributed by atoms with Gasteiger partial charge in [0.05, 0.1) is 5.92 Å². The molecular weight excluding hydrogens is 207 g/mol. The number of hydrogen-bond acceptors (Lipinski definition) is 2. The average molecular weight is 220 g/mol. The Kier molecular flexibility index (Phi) is 2.17. The molecule has 1 amide bonds. The number of anilines is 1. The molecule has 16 heavy (non-hydrogen) atoms. The number of halogens is 1. The fraction of sp³-hybridized carbons (Fsp3) is 0.417. The van der Waals surface area contributed by atoms with Crippen LogP contribution in [0.4, 0.5) is 10.1 Å². The second-order valence-electron chi connectivity index (χ2n) is 4.43. The van der Waals surface area contributed by atoms with E-state index >= 15 is 0 Å². The van der Waals surface area contributed by atoms with Crippen molar-refractivity contribution in [3.05, 3.63) is 29.6 Å². The van der Waals surface area contributed by atoms with Crippen LogP contribution >= 0.6 is 0 Å². The van der Waals surface area contributed by atoms with E-state index in [-0.39, 0.29) is 17.6 Å². The first-order valence-corrected chi connectivity index (χ1v) is 5.58. The molecule has 2 N–H and O–H groups in total. The van der Waals surface area contributed by atoms with Gasteiger partial charge in [0.15, 0.2) is 0 Å². The van der Waals surface area contributed by atoms with Gasteiger partial charge in [-0.15, -0.1) is 0 Å². The largest absolute Gasteiger partial charge is 0.325 e. The van der Waals surface area contributed by atoms with Gasteiger partial charge in [0.25, 0.3) is 0 Å². The summed E-state index contributed by atoms with van der Waals surface area (Å²) in [4.78, 5) is 11.7. The van der Waals surface area contributed by atoms with Crippen LogP contribution in [-0.2, 0) is 4.79 Å². The highest BCUT2D eigenvalue weighted by molar-refractivity contribution is 6.03. The molecule has 1 heterocycles. The van der Waals surface area contributed by atoms with Crippen LogP contribution in [0.25, 0.3) is 0 Å². The topological polar surface area (TPSA) is 41.1 Å². The minimum absolute atomic E-state index is 0.103. The molecule has 0 bridgehead atoms. The molecule has 0 radical (unpaired) electrons. The molecule has 2 aliphatic rings. The minimum Gasteiger partial charge on any atom is -0.325 e. The lowest BCUT2D eigenvalue weighted by Crippen LogP contribution is -2.27. The molecule has 1 atom stereocenters. The zero-order chi connectivity index (χ0) is 11.1. The summed E-state index contributed by atoms with van der Waals surface area (Å²) in [6.45, 7) is 0.532. The third kappa shape index (κ3) is 1.59. The standard InChI is InChI=1S/C12H13FN2O/c13-9-2-1-3-10-11(9)8(12(16)15-10)6-14-7-4-5-7/h1-3,7-8,14H,4-6H2,(H,15,16). The van der Waals surface area contributed by atoms with Crippen molar-refractivity contribution < 1.29 is 9.18 Å². The van der Waals surface area contributed by atoms with Gasteiger partial charge < -0.3 is 10.6 Å². The Labute approximate surface area is 93.0 Å². The Bertz CT molecular complexity index is 443. The Morgan fingerprint density at radius 2 is 2.25 bits per heavy atom. The van der Waals surface area contributed by atoms with E-state index in [9.17, 15) is 9.18 Å². The van der Waals surface area contributed by atoms with Gasteiger partial charge in [-0.3, -0.25) is 4.79 Å². The zero-order valence-electron chi connectivity index (χ0n) is 8.79. The highest BCUT2D eigenvalue weighted by atomic mass is 19.1. The summed E-state index contributed by atoms with van der Waals surface area (Å²) >= 11 is 0. The smallest absolute Gasteiger partial charge is 0.233 e. The van der Waals surface area contributed by atoms with Gasteiger partial charge in [-0.2, -0.15) is 0 Å². The fourth-order valence-electron chi connectivity index (χ4n) is 2.12. The summed E-state index contributed by atoms with van der Waals surface area (Å²) in [5, 5.41) is 5.98. The molecule has 1 fully saturated rings. The average Bonchev–Trinajstić information content (AvgIpc) is 3.00. The predicted molar refractivity (Wildman–Crippen MR) is 58.8 cm³/mol. The van der Waals surface area contributed by atoms with Crippen molar-refractivity contribution >= 4 is 11.6 Å². The Balaban J connectivity index is 1.85. The molecule has 1 aromatic carbocycles. The molecule has 1 aromatic rings. The number of hydrogen-bond donors (Lipinski definition) is 2. The van der Waals surface area contributed by atoms with Gasteiger partial charge in [0, 0.05) is 23.8 Å². The molecule has 84 valence electrons. The quantitative estimate of drug-likeness (QED) is 0.812. The van der Waals surface area contributed by atoms with Crippen molar-refractivity contribution in [3.8, 4) is 0 Å². The van der Waals surface area contributed by atoms with Crippen LogP contribution < -0.4 is 10.6 Å². The van der Waals surface area contributed by atoms with Crippen molar-refractivity contribution in [3.63, 3.8) is 0 Å². The molecule has 0 spiro atoms. The Hall–Kier alpha value is -1.42. The van der Waals surface area contributed by atoms with E-state index in [1.54, 1.807) is 12.1 Å². The van der Waals surface area contributed by atoms with Gasteiger partial charge in [-0.05, 0) is 25.0 Å². The highest BCUT2D eigenvalue weighted by Crippen LogP contribution is 2.34. The molecular formula is C12H13FN2O. The predicted octanol–water partition coefficient (Wildman–Crippen LogP) is 1.61. The molecule has 4 heteroatoms. The first kappa shape index (κ1) is 9.78. The van der Waals surface area contributed by atoms with Crippen LogP contribution in [0.2, 0.25) is 0 Å². The number of nitrogens with one attached hydrogen (secondary N) is 2. The lowest BCUT2D eigenvalue weighted by Gasteiger charge is -2.10. The summed E-state index contributed by atoms with van der Waals surface area (Å²) in [5.74, 6) is -0.775. The number of carbonyl (C=O) groups excluding carboxylic acids is 1. The van der Waals surface area contributed by atoms with Crippen molar-refractivity contribution in [2.75, 3.05) is 11.9 Å². The first-order chi connectivity index (χ1) is 7.75. The normalized spacial score (nSPS) is 23.1. The van der Waals surface area contributed by atoms with Crippen LogP contribution in [0.1, 0.15) is 24.3 Å². The van der Waals surface area contributed by atoms with Crippen molar-refractivity contribution in [1.29, 1.82) is 0 Å². The molecule has 1 saturated carbocycles. The van der Waals surface area contributed by atoms with Gasteiger partial charge in [0.2, 0.25) is 5.91 Å². The summed E-state index contributed by atoms with van der Waals surface area (Å²) < 4.78 is 13.6. The van der Waals surface area contributed by atoms with Crippen molar-refractivity contribution in [2.24, 2.45) is 0 Å². The second-order valence-corrected chi connectivity index (χ2v) is 4.43. The van der Waals surface area contributed by atoms with E-state index in [0.29, 0.717) is 23.8 Å². The van der Waals surface area contributed by atoms with Crippen LogP contribution in [0, 0.1) is 5.82 Å². The van der Waals surface area contributed by atoms with Crippen LogP contribution in [0.3, 0.4) is 0 Å². The molecule has 0 aromatic heterocycles. The maximum Gasteiger partial charge on any atom is 0.233 e. The maximum atomic E-state index is 13.6. The lowest BCUT2D eigenvalue weighted by atomic mass is 10.00. The molecule has 1 aliphatic heterocycles. The highest BCUT2D eigenvalue weighted by Gasteiger charge is 2.34. The SMILES string of the molecule is O=C1Nc2cccc(F)c2C1CNC1CC1. The summed E-state index contributed by atoms with van der Waals surface area (Å²) in [6, 6.07) is 5.30. The van der Waals surface area contributed by atoms with E-state index in [1.165, 1.54) is 18.9 Å². The monoisotopic (exact) mass is 220 g/mol. The first-order valence-electron chi connectivity index (χ1n) is 5.58. The van der Waals surface area contributed by atoms with Gasteiger partial charge >= 0.3 is 0 Å². The molecule has 3 nitrogen and oxygen atoms in total. The third-order valence-corrected chi connectivity index (χ3v) is 3.16. The van der Waals surface area contributed by atoms with E-state index in [4.69, 9.17) is 0 Å². The fourth-order valence-corrected chi connectivity index (χ4v) is 2.12. The van der Waals surface area contributed by atoms with Crippen LogP contribution in [-0.4, -0.2) is 18.5 Å². The van der Waals surface area contributed by atoms with Crippen LogP contribution in [0.15, 0.2) is 18.2 Å². The van der Waals surface area contributed by atoms with Crippen LogP contribution in [0.5, 0.6) is 0 Å². The summed E-state index contributed by atoms with van der Waals surface area (Å²) in [6.07, 6.45) is 2.33. The zero-order valence-corrected chi connectivity index (χ0v) is 8.79. The van der Waals surface area contributed by atoms with E-state index < -0.39 is 0 Å². The number of fused-ring (bicyclic) bond motifs is 1. The lowest BCUT2D eigenvalue weighted by molar-refractivity contribution is -0.117. The number of amides is 1. The minimum atomic E-state index is -0.378. The van der Waals surface area contributed by atoms with Crippen molar-refractivity contribution in [2.45, 2.75) is 24.8 Å². The number of carbonyl (C=O) groups is 1. The number of rotatable bonds is 3. The Morgan fingerprint density at radius 1 is 1.44 bits per heavy atom. The Morgan fingerprint density at radius 3 is 3.00 bits per heavy atom. The number of benzene rings is 1. The second kappa shape index (κ2) is 3.56. The van der Waals surface area contributed by atoms with Gasteiger partial charge in [0.1, 0.15) is 5.82 Å². The van der Waals surface area contributed by atoms with Crippen molar-refractivity contribution in [1.82, 2.24) is 5.32 Å². The van der Waals surface area contributed by atoms with Gasteiger partial charge in [-0.25, -0.2) is 4.39 Å². The van der Waals surface area contributed by atoms with Gasteiger partial charge in [-0.1, -0.05) is 6.07 Å². The van der Waals surface area contributed by atoms with E-state index in [2.05, 4.69) is 10.6 Å². The molecule has 3 rings (SSSR count). The maximum absolute atomic E-state index is 13.6. The molecule has 1 aliphatic carbocycles. The van der Waals surface area contributed by atoms with E-state index in [1.807, 2.05) is 0 Å². The summed E-state index contributed by atoms with van der Waals surface area (Å²) in [5.41, 5.74) is 1.13.